The maximum atomic E-state index is 12.6. The summed E-state index contributed by atoms with van der Waals surface area (Å²) < 4.78 is 2.44. The molecule has 1 aliphatic rings. The highest BCUT2D eigenvalue weighted by Crippen LogP contribution is 2.21. The molecule has 0 saturated carbocycles. The average molecular weight is 358 g/mol. The molecule has 0 aliphatic carbocycles. The zero-order valence-corrected chi connectivity index (χ0v) is 15.0. The molecule has 3 rings (SSSR count). The summed E-state index contributed by atoms with van der Waals surface area (Å²) >= 11 is 5.23. The Morgan fingerprint density at radius 3 is 2.96 bits per heavy atom. The molecule has 7 heteroatoms. The number of anilines is 1. The molecule has 0 unspecified atom stereocenters. The lowest BCUT2D eigenvalue weighted by Gasteiger charge is -2.31. The largest absolute Gasteiger partial charge is 0.342 e. The Morgan fingerprint density at radius 1 is 1.40 bits per heavy atom. The number of benzene rings is 1. The van der Waals surface area contributed by atoms with Crippen molar-refractivity contribution in [2.45, 2.75) is 26.2 Å². The molecule has 1 fully saturated rings. The number of amides is 2. The first kappa shape index (κ1) is 17.4. The third-order valence-corrected chi connectivity index (χ3v) is 4.80. The maximum Gasteiger partial charge on any atom is 0.229 e. The highest BCUT2D eigenvalue weighted by Gasteiger charge is 2.27. The van der Waals surface area contributed by atoms with E-state index in [2.05, 4.69) is 10.3 Å². The molecule has 6 nitrogen and oxygen atoms in total. The van der Waals surface area contributed by atoms with Gasteiger partial charge in [-0.25, -0.2) is 0 Å². The number of hydrogen-bond donors (Lipinski definition) is 2. The number of carbonyl (C=O) groups is 2. The van der Waals surface area contributed by atoms with Gasteiger partial charge < -0.3 is 15.2 Å². The fourth-order valence-corrected chi connectivity index (χ4v) is 3.38. The van der Waals surface area contributed by atoms with Gasteiger partial charge >= 0.3 is 0 Å². The number of aromatic nitrogens is 2. The monoisotopic (exact) mass is 358 g/mol. The van der Waals surface area contributed by atoms with Crippen molar-refractivity contribution in [3.8, 4) is 5.69 Å². The molecule has 2 aromatic rings. The van der Waals surface area contributed by atoms with E-state index >= 15 is 0 Å². The second kappa shape index (κ2) is 7.65. The Kier molecular flexibility index (Phi) is 5.33. The third kappa shape index (κ3) is 3.99. The Balaban J connectivity index is 1.70. The van der Waals surface area contributed by atoms with E-state index in [1.54, 1.807) is 11.1 Å². The molecule has 1 aromatic carbocycles. The summed E-state index contributed by atoms with van der Waals surface area (Å²) in [7, 11) is 0. The maximum absolute atomic E-state index is 12.6. The van der Waals surface area contributed by atoms with Gasteiger partial charge in [-0.05, 0) is 43.3 Å². The van der Waals surface area contributed by atoms with E-state index in [-0.39, 0.29) is 17.7 Å². The van der Waals surface area contributed by atoms with Crippen LogP contribution in [0.4, 0.5) is 5.69 Å². The lowest BCUT2D eigenvalue weighted by atomic mass is 9.96. The molecular formula is C18H22N4O2S. The van der Waals surface area contributed by atoms with Crippen molar-refractivity contribution in [1.29, 1.82) is 0 Å². The Hall–Kier alpha value is -2.41. The van der Waals surface area contributed by atoms with Crippen LogP contribution >= 0.6 is 12.2 Å². The zero-order chi connectivity index (χ0) is 17.8. The number of likely N-dealkylation sites (tertiary alicyclic amines) is 1. The number of nitrogens with one attached hydrogen (secondary N) is 2. The van der Waals surface area contributed by atoms with Gasteiger partial charge in [0.1, 0.15) is 0 Å². The molecule has 2 amide bonds. The van der Waals surface area contributed by atoms with Gasteiger partial charge in [-0.3, -0.25) is 14.2 Å². The lowest BCUT2D eigenvalue weighted by Crippen LogP contribution is -2.43. The number of piperidine rings is 1. The molecule has 1 saturated heterocycles. The Morgan fingerprint density at radius 2 is 2.24 bits per heavy atom. The van der Waals surface area contributed by atoms with Crippen molar-refractivity contribution in [2.24, 2.45) is 5.92 Å². The first-order valence-corrected chi connectivity index (χ1v) is 8.94. The minimum Gasteiger partial charge on any atom is -0.342 e. The number of carbonyl (C=O) groups excluding carboxylic acids is 2. The summed E-state index contributed by atoms with van der Waals surface area (Å²) in [5.41, 5.74) is 1.61. The molecule has 1 aromatic heterocycles. The summed E-state index contributed by atoms with van der Waals surface area (Å²) in [5.74, 6) is -0.0907. The van der Waals surface area contributed by atoms with E-state index in [1.807, 2.05) is 42.0 Å². The van der Waals surface area contributed by atoms with Crippen LogP contribution in [-0.4, -0.2) is 39.4 Å². The van der Waals surface area contributed by atoms with Crippen molar-refractivity contribution < 1.29 is 9.59 Å². The van der Waals surface area contributed by atoms with Crippen molar-refractivity contribution in [3.63, 3.8) is 0 Å². The molecule has 132 valence electrons. The van der Waals surface area contributed by atoms with E-state index < -0.39 is 0 Å². The highest BCUT2D eigenvalue weighted by molar-refractivity contribution is 7.71. The SMILES string of the molecule is CCC(=O)N1CCC[C@@H](C(=O)Nc2cccc(-n3cc[nH]c3=S)c2)C1. The van der Waals surface area contributed by atoms with Gasteiger partial charge in [-0.1, -0.05) is 13.0 Å². The van der Waals surface area contributed by atoms with E-state index in [4.69, 9.17) is 12.2 Å². The second-order valence-corrected chi connectivity index (χ2v) is 6.59. The van der Waals surface area contributed by atoms with Crippen molar-refractivity contribution in [2.75, 3.05) is 18.4 Å². The normalized spacial score (nSPS) is 17.3. The molecule has 2 heterocycles. The number of aromatic amines is 1. The first-order valence-electron chi connectivity index (χ1n) is 8.53. The van der Waals surface area contributed by atoms with Crippen LogP contribution in [0.25, 0.3) is 5.69 Å². The van der Waals surface area contributed by atoms with E-state index in [9.17, 15) is 9.59 Å². The van der Waals surface area contributed by atoms with Gasteiger partial charge in [0, 0.05) is 43.3 Å². The van der Waals surface area contributed by atoms with Crippen molar-refractivity contribution in [3.05, 3.63) is 41.4 Å². The Labute approximate surface area is 151 Å². The standard InChI is InChI=1S/C18H22N4O2S/c1-2-16(23)21-9-4-5-13(12-21)17(24)20-14-6-3-7-15(11-14)22-10-8-19-18(22)25/h3,6-8,10-11,13H,2,4-5,9,12H2,1H3,(H,19,25)(H,20,24)/t13-/m1/s1. The predicted molar refractivity (Wildman–Crippen MR) is 99.2 cm³/mol. The Bertz CT molecular complexity index is 826. The fraction of sp³-hybridized carbons (Fsp3) is 0.389. The zero-order valence-electron chi connectivity index (χ0n) is 14.2. The van der Waals surface area contributed by atoms with Gasteiger partial charge in [-0.15, -0.1) is 0 Å². The van der Waals surface area contributed by atoms with Crippen LogP contribution in [0, 0.1) is 10.7 Å². The van der Waals surface area contributed by atoms with Crippen LogP contribution in [0.5, 0.6) is 0 Å². The van der Waals surface area contributed by atoms with Gasteiger partial charge in [0.2, 0.25) is 11.8 Å². The molecular weight excluding hydrogens is 336 g/mol. The topological polar surface area (TPSA) is 70.1 Å². The van der Waals surface area contributed by atoms with E-state index in [0.29, 0.717) is 17.7 Å². The van der Waals surface area contributed by atoms with Gasteiger partial charge in [0.15, 0.2) is 4.77 Å². The molecule has 0 bridgehead atoms. The second-order valence-electron chi connectivity index (χ2n) is 6.21. The molecule has 0 spiro atoms. The highest BCUT2D eigenvalue weighted by atomic mass is 32.1. The summed E-state index contributed by atoms with van der Waals surface area (Å²) in [4.78, 5) is 29.2. The number of rotatable bonds is 4. The number of imidazole rings is 1. The molecule has 1 aliphatic heterocycles. The van der Waals surface area contributed by atoms with Crippen LogP contribution < -0.4 is 5.32 Å². The number of hydrogen-bond acceptors (Lipinski definition) is 3. The van der Waals surface area contributed by atoms with Crippen molar-refractivity contribution >= 4 is 29.7 Å². The smallest absolute Gasteiger partial charge is 0.229 e. The fourth-order valence-electron chi connectivity index (χ4n) is 3.14. The number of nitrogens with zero attached hydrogens (tertiary/aromatic N) is 2. The minimum absolute atomic E-state index is 0.0385. The van der Waals surface area contributed by atoms with Gasteiger partial charge in [0.25, 0.3) is 0 Å². The van der Waals surface area contributed by atoms with Crippen molar-refractivity contribution in [1.82, 2.24) is 14.5 Å². The summed E-state index contributed by atoms with van der Waals surface area (Å²) in [6, 6.07) is 7.56. The molecule has 1 atom stereocenters. The summed E-state index contributed by atoms with van der Waals surface area (Å²) in [6.07, 6.45) is 5.77. The molecule has 2 N–H and O–H groups in total. The van der Waals surface area contributed by atoms with Gasteiger partial charge in [-0.2, -0.15) is 0 Å². The predicted octanol–water partition coefficient (Wildman–Crippen LogP) is 3.12. The van der Waals surface area contributed by atoms with Gasteiger partial charge in [0.05, 0.1) is 5.92 Å². The summed E-state index contributed by atoms with van der Waals surface area (Å²) in [6.45, 7) is 3.10. The van der Waals surface area contributed by atoms with Crippen LogP contribution in [0.3, 0.4) is 0 Å². The minimum atomic E-state index is -0.165. The molecule has 0 radical (unpaired) electrons. The van der Waals surface area contributed by atoms with E-state index in [0.717, 1.165) is 30.8 Å². The number of H-pyrrole nitrogens is 1. The third-order valence-electron chi connectivity index (χ3n) is 4.49. The van der Waals surface area contributed by atoms with Crippen LogP contribution in [0.1, 0.15) is 26.2 Å². The first-order chi connectivity index (χ1) is 12.1. The van der Waals surface area contributed by atoms with Crippen LogP contribution in [0.15, 0.2) is 36.7 Å². The molecule has 25 heavy (non-hydrogen) atoms. The quantitative estimate of drug-likeness (QED) is 0.825. The lowest BCUT2D eigenvalue weighted by molar-refractivity contribution is -0.134. The summed E-state index contributed by atoms with van der Waals surface area (Å²) in [5, 5.41) is 2.98. The van der Waals surface area contributed by atoms with Crippen LogP contribution in [-0.2, 0) is 9.59 Å². The van der Waals surface area contributed by atoms with E-state index in [1.165, 1.54) is 0 Å². The average Bonchev–Trinajstić information content (AvgIpc) is 3.07. The van der Waals surface area contributed by atoms with Crippen LogP contribution in [0.2, 0.25) is 0 Å².